The van der Waals surface area contributed by atoms with Crippen molar-refractivity contribution in [3.63, 3.8) is 0 Å². The van der Waals surface area contributed by atoms with Gasteiger partial charge in [-0.05, 0) is 111 Å². The number of aromatic hydroxyl groups is 1. The van der Waals surface area contributed by atoms with Gasteiger partial charge in [0.15, 0.2) is 0 Å². The SMILES string of the molecule is O=C1c2ccc(N3CC4(CCN(CC5CCN(c6ccc(C7c8ccc(O)cc8OCC7c7c(F)cccc7F)cc6F)CC5)CC4)C3)cc2CN1N1C(=O)CCCC1=O. The van der Waals surface area contributed by atoms with Gasteiger partial charge >= 0.3 is 0 Å². The van der Waals surface area contributed by atoms with Gasteiger partial charge in [-0.15, -0.1) is 0 Å². The predicted molar refractivity (Wildman–Crippen MR) is 218 cm³/mol. The van der Waals surface area contributed by atoms with Gasteiger partial charge in [0.2, 0.25) is 11.8 Å². The zero-order valence-electron chi connectivity index (χ0n) is 33.4. The second-order valence-electron chi connectivity index (χ2n) is 17.7. The summed E-state index contributed by atoms with van der Waals surface area (Å²) in [5.74, 6) is -3.03. The molecule has 312 valence electrons. The van der Waals surface area contributed by atoms with Crippen LogP contribution < -0.4 is 14.5 Å². The van der Waals surface area contributed by atoms with Crippen LogP contribution in [0.4, 0.5) is 24.5 Å². The standard InChI is InChI=1S/C47H48F3N5O5/c48-37-3-1-4-38(49)45(37)36-26-60-41-23-33(56)9-11-35(41)44(36)30-7-12-40(39(50)22-30)52-17-13-29(14-18-52)24-51-19-15-47(16-20-51)27-53(28-47)32-8-10-34-31(21-32)25-54(46(34)59)55-42(57)5-2-6-43(55)58/h1,3-4,7-12,21-23,29,36,44,56H,2,5-6,13-20,24-28H2. The van der Waals surface area contributed by atoms with E-state index in [9.17, 15) is 19.5 Å². The van der Waals surface area contributed by atoms with E-state index < -0.39 is 23.5 Å². The lowest BCUT2D eigenvalue weighted by atomic mass is 9.71. The Labute approximate surface area is 347 Å². The van der Waals surface area contributed by atoms with E-state index in [0.29, 0.717) is 40.5 Å². The van der Waals surface area contributed by atoms with Crippen molar-refractivity contribution in [1.29, 1.82) is 0 Å². The molecule has 4 saturated heterocycles. The molecule has 0 aliphatic carbocycles. The summed E-state index contributed by atoms with van der Waals surface area (Å²) in [6.07, 6.45) is 5.24. The predicted octanol–water partition coefficient (Wildman–Crippen LogP) is 7.35. The van der Waals surface area contributed by atoms with Crippen LogP contribution in [0.2, 0.25) is 0 Å². The van der Waals surface area contributed by atoms with Gasteiger partial charge in [0.1, 0.15) is 29.0 Å². The number of piperidine rings is 3. The van der Waals surface area contributed by atoms with Crippen molar-refractivity contribution in [2.24, 2.45) is 11.3 Å². The lowest BCUT2D eigenvalue weighted by molar-refractivity contribution is -0.163. The van der Waals surface area contributed by atoms with Crippen molar-refractivity contribution in [1.82, 2.24) is 14.9 Å². The maximum Gasteiger partial charge on any atom is 0.273 e. The normalized spacial score (nSPS) is 23.1. The highest BCUT2D eigenvalue weighted by molar-refractivity contribution is 6.04. The van der Waals surface area contributed by atoms with Gasteiger partial charge in [-0.2, -0.15) is 5.01 Å². The topological polar surface area (TPSA) is 96.9 Å². The molecule has 6 aliphatic rings. The third-order valence-corrected chi connectivity index (χ3v) is 14.0. The first-order valence-electron chi connectivity index (χ1n) is 21.3. The Morgan fingerprint density at radius 3 is 2.23 bits per heavy atom. The molecule has 0 radical (unpaired) electrons. The van der Waals surface area contributed by atoms with Crippen LogP contribution >= 0.6 is 0 Å². The van der Waals surface area contributed by atoms with Crippen molar-refractivity contribution in [3.8, 4) is 11.5 Å². The number of ether oxygens (including phenoxy) is 1. The molecule has 4 fully saturated rings. The Bertz CT molecular complexity index is 2330. The highest BCUT2D eigenvalue weighted by Crippen LogP contribution is 2.49. The third kappa shape index (κ3) is 6.84. The quantitative estimate of drug-likeness (QED) is 0.194. The summed E-state index contributed by atoms with van der Waals surface area (Å²) < 4.78 is 52.2. The summed E-state index contributed by atoms with van der Waals surface area (Å²) in [5, 5.41) is 12.5. The van der Waals surface area contributed by atoms with Gasteiger partial charge in [0.05, 0.1) is 18.8 Å². The molecule has 4 aromatic carbocycles. The van der Waals surface area contributed by atoms with E-state index in [1.165, 1.54) is 41.4 Å². The zero-order valence-corrected chi connectivity index (χ0v) is 33.4. The molecule has 60 heavy (non-hydrogen) atoms. The summed E-state index contributed by atoms with van der Waals surface area (Å²) in [4.78, 5) is 45.2. The summed E-state index contributed by atoms with van der Waals surface area (Å²) >= 11 is 0. The number of anilines is 2. The van der Waals surface area contributed by atoms with Crippen molar-refractivity contribution in [2.45, 2.75) is 63.3 Å². The van der Waals surface area contributed by atoms with Crippen LogP contribution in [0, 0.1) is 28.8 Å². The molecule has 10 rings (SSSR count). The molecular weight excluding hydrogens is 772 g/mol. The maximum atomic E-state index is 16.1. The zero-order chi connectivity index (χ0) is 41.3. The second kappa shape index (κ2) is 15.2. The van der Waals surface area contributed by atoms with Gasteiger partial charge in [0.25, 0.3) is 5.91 Å². The first-order valence-corrected chi connectivity index (χ1v) is 21.3. The lowest BCUT2D eigenvalue weighted by Crippen LogP contribution is -2.60. The molecule has 1 spiro atoms. The van der Waals surface area contributed by atoms with Gasteiger partial charge in [-0.25, -0.2) is 18.2 Å². The highest BCUT2D eigenvalue weighted by Gasteiger charge is 2.46. The molecule has 0 aromatic heterocycles. The van der Waals surface area contributed by atoms with Gasteiger partial charge in [-0.1, -0.05) is 18.2 Å². The van der Waals surface area contributed by atoms with Crippen molar-refractivity contribution in [2.75, 3.05) is 62.2 Å². The van der Waals surface area contributed by atoms with Crippen LogP contribution in [0.5, 0.6) is 11.5 Å². The fourth-order valence-corrected chi connectivity index (χ4v) is 10.8. The number of hydrogen-bond donors (Lipinski definition) is 1. The van der Waals surface area contributed by atoms with Crippen molar-refractivity contribution in [3.05, 3.63) is 118 Å². The monoisotopic (exact) mass is 819 g/mol. The molecule has 2 unspecified atom stereocenters. The number of nitrogens with zero attached hydrogens (tertiary/aromatic N) is 5. The number of benzene rings is 4. The first kappa shape index (κ1) is 38.6. The fraction of sp³-hybridized carbons (Fsp3) is 0.426. The molecule has 10 nitrogen and oxygen atoms in total. The Kier molecular flexibility index (Phi) is 9.76. The number of halogens is 3. The molecule has 13 heteroatoms. The fourth-order valence-electron chi connectivity index (χ4n) is 10.8. The largest absolute Gasteiger partial charge is 0.508 e. The number of amides is 3. The number of imide groups is 1. The number of carbonyl (C=O) groups excluding carboxylic acids is 3. The van der Waals surface area contributed by atoms with Crippen LogP contribution in [0.3, 0.4) is 0 Å². The van der Waals surface area contributed by atoms with Crippen LogP contribution in [0.1, 0.15) is 89.4 Å². The minimum atomic E-state index is -0.740. The van der Waals surface area contributed by atoms with E-state index >= 15 is 13.2 Å². The smallest absolute Gasteiger partial charge is 0.273 e. The number of likely N-dealkylation sites (tertiary alicyclic amines) is 1. The lowest BCUT2D eigenvalue weighted by Gasteiger charge is -2.55. The summed E-state index contributed by atoms with van der Waals surface area (Å²) in [6.45, 7) is 6.73. The Morgan fingerprint density at radius 2 is 1.52 bits per heavy atom. The second-order valence-corrected chi connectivity index (χ2v) is 17.7. The van der Waals surface area contributed by atoms with E-state index in [0.717, 1.165) is 87.8 Å². The van der Waals surface area contributed by atoms with Crippen molar-refractivity contribution >= 4 is 29.1 Å². The maximum absolute atomic E-state index is 16.1. The average Bonchev–Trinajstić information content (AvgIpc) is 3.54. The number of rotatable bonds is 7. The van der Waals surface area contributed by atoms with Crippen molar-refractivity contribution < 1.29 is 37.4 Å². The molecule has 3 amide bonds. The van der Waals surface area contributed by atoms with Crippen LogP contribution in [-0.4, -0.2) is 90.2 Å². The molecular formula is C47H48F3N5O5. The number of carbonyl (C=O) groups is 3. The highest BCUT2D eigenvalue weighted by atomic mass is 19.1. The van der Waals surface area contributed by atoms with E-state index in [-0.39, 0.29) is 66.3 Å². The summed E-state index contributed by atoms with van der Waals surface area (Å²) in [5.41, 5.74) is 4.40. The Hall–Kier alpha value is -5.56. The molecule has 4 aromatic rings. The Morgan fingerprint density at radius 1 is 0.783 bits per heavy atom. The minimum Gasteiger partial charge on any atom is -0.508 e. The van der Waals surface area contributed by atoms with Crippen LogP contribution in [-0.2, 0) is 16.1 Å². The van der Waals surface area contributed by atoms with Gasteiger partial charge in [-0.3, -0.25) is 14.4 Å². The average molecular weight is 820 g/mol. The van der Waals surface area contributed by atoms with Crippen LogP contribution in [0.15, 0.2) is 72.8 Å². The minimum absolute atomic E-state index is 0.0127. The number of phenols is 1. The van der Waals surface area contributed by atoms with Gasteiger partial charge < -0.3 is 24.5 Å². The van der Waals surface area contributed by atoms with Gasteiger partial charge in [0, 0.05) is 91.3 Å². The molecule has 0 bridgehead atoms. The molecule has 2 atom stereocenters. The number of hydrazine groups is 1. The molecule has 6 aliphatic heterocycles. The van der Waals surface area contributed by atoms with E-state index in [4.69, 9.17) is 4.74 Å². The number of fused-ring (bicyclic) bond motifs is 2. The Balaban J connectivity index is 0.731. The number of phenolic OH excluding ortho intramolecular Hbond substituents is 1. The number of hydrogen-bond acceptors (Lipinski definition) is 8. The summed E-state index contributed by atoms with van der Waals surface area (Å²) in [6, 6.07) is 19.5. The molecule has 0 saturated carbocycles. The van der Waals surface area contributed by atoms with E-state index in [1.807, 2.05) is 24.3 Å². The third-order valence-electron chi connectivity index (χ3n) is 14.0. The van der Waals surface area contributed by atoms with E-state index in [1.54, 1.807) is 12.1 Å². The van der Waals surface area contributed by atoms with Crippen LogP contribution in [0.25, 0.3) is 0 Å². The van der Waals surface area contributed by atoms with E-state index in [2.05, 4.69) is 14.7 Å². The molecule has 1 N–H and O–H groups in total. The molecule has 6 heterocycles. The first-order chi connectivity index (χ1) is 29.0. The summed E-state index contributed by atoms with van der Waals surface area (Å²) in [7, 11) is 0.